The number of rotatable bonds is 4. The summed E-state index contributed by atoms with van der Waals surface area (Å²) in [4.78, 5) is 14.2. The molecule has 6 nitrogen and oxygen atoms in total. The van der Waals surface area contributed by atoms with Crippen molar-refractivity contribution in [1.29, 1.82) is 0 Å². The fourth-order valence-electron chi connectivity index (χ4n) is 4.34. The minimum atomic E-state index is -1.14. The van der Waals surface area contributed by atoms with Crippen LogP contribution in [0.5, 0.6) is 0 Å². The molecule has 0 spiro atoms. The number of benzene rings is 1. The topological polar surface area (TPSA) is 69.6 Å². The van der Waals surface area contributed by atoms with E-state index in [2.05, 4.69) is 33.0 Å². The van der Waals surface area contributed by atoms with Crippen LogP contribution in [-0.2, 0) is 10.8 Å². The van der Waals surface area contributed by atoms with Gasteiger partial charge < -0.3 is 14.9 Å². The summed E-state index contributed by atoms with van der Waals surface area (Å²) in [5.41, 5.74) is 2.19. The molecule has 1 saturated carbocycles. The molecule has 2 aliphatic heterocycles. The van der Waals surface area contributed by atoms with Crippen molar-refractivity contribution in [3.63, 3.8) is 0 Å². The van der Waals surface area contributed by atoms with Crippen molar-refractivity contribution in [2.45, 2.75) is 36.1 Å². The Kier molecular flexibility index (Phi) is 4.84. The zero-order valence-corrected chi connectivity index (χ0v) is 17.6. The molecule has 0 saturated heterocycles. The van der Waals surface area contributed by atoms with Gasteiger partial charge in [0.25, 0.3) is 0 Å². The summed E-state index contributed by atoms with van der Waals surface area (Å²) in [6.07, 6.45) is 7.72. The Balaban J connectivity index is 1.39. The zero-order valence-electron chi connectivity index (χ0n) is 16.1. The summed E-state index contributed by atoms with van der Waals surface area (Å²) in [7, 11) is -1.14. The summed E-state index contributed by atoms with van der Waals surface area (Å²) in [6, 6.07) is 7.94. The van der Waals surface area contributed by atoms with E-state index in [0.29, 0.717) is 16.7 Å². The van der Waals surface area contributed by atoms with Crippen molar-refractivity contribution in [2.24, 2.45) is 0 Å². The Morgan fingerprint density at radius 3 is 2.66 bits per heavy atom. The van der Waals surface area contributed by atoms with Crippen molar-refractivity contribution in [3.05, 3.63) is 47.1 Å². The highest BCUT2D eigenvalue weighted by Gasteiger charge is 2.47. The molecule has 1 fully saturated rings. The summed E-state index contributed by atoms with van der Waals surface area (Å²) in [5, 5.41) is 10.7. The maximum absolute atomic E-state index is 12.6. The van der Waals surface area contributed by atoms with Gasteiger partial charge in [0.2, 0.25) is 5.95 Å². The van der Waals surface area contributed by atoms with Crippen molar-refractivity contribution < 1.29 is 9.32 Å². The average Bonchev–Trinajstić information content (AvgIpc) is 3.05. The van der Waals surface area contributed by atoms with E-state index in [1.807, 2.05) is 12.1 Å². The third kappa shape index (κ3) is 3.25. The van der Waals surface area contributed by atoms with Gasteiger partial charge in [0, 0.05) is 18.1 Å². The largest absolute Gasteiger partial charge is 0.394 e. The molecule has 152 valence electrons. The predicted octanol–water partition coefficient (Wildman–Crippen LogP) is 3.22. The Bertz CT molecular complexity index is 985. The van der Waals surface area contributed by atoms with Crippen LogP contribution in [-0.4, -0.2) is 50.4 Å². The van der Waals surface area contributed by atoms with Crippen molar-refractivity contribution in [2.75, 3.05) is 35.4 Å². The van der Waals surface area contributed by atoms with Gasteiger partial charge in [-0.2, -0.15) is 4.98 Å². The number of aliphatic hydroxyl groups is 1. The molecular formula is C21H23ClN4O2S. The molecule has 2 aromatic rings. The molecule has 1 aromatic carbocycles. The maximum atomic E-state index is 12.6. The SMILES string of the molecule is O=[S@]1CN(C2(CO)CCC2)c2nc(N3CC=C(c4ccc(Cl)cc4)CC3)ncc21. The van der Waals surface area contributed by atoms with E-state index in [1.54, 1.807) is 6.20 Å². The van der Waals surface area contributed by atoms with Gasteiger partial charge in [-0.25, -0.2) is 4.98 Å². The molecule has 0 amide bonds. The first kappa shape index (κ1) is 19.0. The number of fused-ring (bicyclic) bond motifs is 1. The lowest BCUT2D eigenvalue weighted by molar-refractivity contribution is 0.119. The monoisotopic (exact) mass is 430 g/mol. The normalized spacial score (nSPS) is 22.8. The second-order valence-corrected chi connectivity index (χ2v) is 9.75. The van der Waals surface area contributed by atoms with Crippen LogP contribution in [0.4, 0.5) is 11.8 Å². The standard InChI is InChI=1S/C21H23ClN4O2S/c22-17-4-2-15(3-5-17)16-6-10-25(11-7-16)20-23-12-18-19(24-20)26(14-29(18)28)21(13-27)8-1-9-21/h2-6,12,27H,1,7-11,13-14H2/t29-/m0/s1. The van der Waals surface area contributed by atoms with Gasteiger partial charge in [0.15, 0.2) is 5.82 Å². The minimum Gasteiger partial charge on any atom is -0.394 e. The van der Waals surface area contributed by atoms with Crippen LogP contribution in [0.25, 0.3) is 5.57 Å². The zero-order chi connectivity index (χ0) is 20.0. The van der Waals surface area contributed by atoms with Crippen LogP contribution in [0.15, 0.2) is 41.4 Å². The van der Waals surface area contributed by atoms with Crippen LogP contribution in [0.2, 0.25) is 5.02 Å². The molecular weight excluding hydrogens is 408 g/mol. The van der Waals surface area contributed by atoms with E-state index in [9.17, 15) is 9.32 Å². The van der Waals surface area contributed by atoms with Crippen LogP contribution in [0, 0.1) is 0 Å². The Hall–Kier alpha value is -1.96. The highest BCUT2D eigenvalue weighted by Crippen LogP contribution is 2.44. The van der Waals surface area contributed by atoms with E-state index in [4.69, 9.17) is 16.6 Å². The lowest BCUT2D eigenvalue weighted by Gasteiger charge is -2.47. The van der Waals surface area contributed by atoms with Gasteiger partial charge in [-0.05, 0) is 49.0 Å². The van der Waals surface area contributed by atoms with Crippen LogP contribution >= 0.6 is 11.6 Å². The highest BCUT2D eigenvalue weighted by atomic mass is 35.5. The highest BCUT2D eigenvalue weighted by molar-refractivity contribution is 7.85. The maximum Gasteiger partial charge on any atom is 0.227 e. The average molecular weight is 431 g/mol. The Labute approximate surface area is 177 Å². The van der Waals surface area contributed by atoms with Crippen molar-refractivity contribution in [3.8, 4) is 0 Å². The lowest BCUT2D eigenvalue weighted by Crippen LogP contribution is -2.56. The molecule has 8 heteroatoms. The number of nitrogens with zero attached hydrogens (tertiary/aromatic N) is 4. The molecule has 0 unspecified atom stereocenters. The van der Waals surface area contributed by atoms with Crippen LogP contribution in [0.1, 0.15) is 31.2 Å². The van der Waals surface area contributed by atoms with E-state index < -0.39 is 10.8 Å². The fourth-order valence-corrected chi connectivity index (χ4v) is 5.77. The summed E-state index contributed by atoms with van der Waals surface area (Å²) in [6.45, 7) is 1.62. The van der Waals surface area contributed by atoms with Crippen LogP contribution < -0.4 is 9.80 Å². The van der Waals surface area contributed by atoms with Gasteiger partial charge in [0.05, 0.1) is 29.1 Å². The summed E-state index contributed by atoms with van der Waals surface area (Å²) in [5.74, 6) is 1.79. The van der Waals surface area contributed by atoms with Crippen molar-refractivity contribution in [1.82, 2.24) is 9.97 Å². The minimum absolute atomic E-state index is 0.0693. The molecule has 1 atom stereocenters. The van der Waals surface area contributed by atoms with Gasteiger partial charge in [0.1, 0.15) is 10.8 Å². The molecule has 1 aromatic heterocycles. The molecule has 1 N–H and O–H groups in total. The van der Waals surface area contributed by atoms with Crippen molar-refractivity contribution >= 4 is 39.7 Å². The van der Waals surface area contributed by atoms with E-state index in [-0.39, 0.29) is 12.1 Å². The lowest BCUT2D eigenvalue weighted by atomic mass is 9.76. The van der Waals surface area contributed by atoms with Gasteiger partial charge >= 0.3 is 0 Å². The second kappa shape index (κ2) is 7.38. The Morgan fingerprint density at radius 1 is 1.24 bits per heavy atom. The quantitative estimate of drug-likeness (QED) is 0.803. The molecule has 29 heavy (non-hydrogen) atoms. The molecule has 1 aliphatic carbocycles. The first-order valence-electron chi connectivity index (χ1n) is 9.93. The molecule has 0 bridgehead atoms. The summed E-state index contributed by atoms with van der Waals surface area (Å²) >= 11 is 5.99. The fraction of sp³-hybridized carbons (Fsp3) is 0.429. The number of halogens is 1. The van der Waals surface area contributed by atoms with Gasteiger partial charge in [-0.15, -0.1) is 0 Å². The number of hydrogen-bond acceptors (Lipinski definition) is 6. The van der Waals surface area contributed by atoms with Gasteiger partial charge in [-0.1, -0.05) is 29.8 Å². The first-order chi connectivity index (χ1) is 14.1. The predicted molar refractivity (Wildman–Crippen MR) is 116 cm³/mol. The Morgan fingerprint density at radius 2 is 2.03 bits per heavy atom. The summed E-state index contributed by atoms with van der Waals surface area (Å²) < 4.78 is 12.6. The molecule has 3 heterocycles. The van der Waals surface area contributed by atoms with E-state index >= 15 is 0 Å². The molecule has 0 radical (unpaired) electrons. The van der Waals surface area contributed by atoms with Gasteiger partial charge in [-0.3, -0.25) is 4.21 Å². The smallest absolute Gasteiger partial charge is 0.227 e. The second-order valence-electron chi connectivity index (χ2n) is 7.93. The third-order valence-electron chi connectivity index (χ3n) is 6.33. The first-order valence-corrected chi connectivity index (χ1v) is 11.6. The third-order valence-corrected chi connectivity index (χ3v) is 7.85. The van der Waals surface area contributed by atoms with Crippen LogP contribution in [0.3, 0.4) is 0 Å². The van der Waals surface area contributed by atoms with E-state index in [1.165, 1.54) is 11.1 Å². The molecule has 3 aliphatic rings. The van der Waals surface area contributed by atoms with E-state index in [0.717, 1.165) is 49.6 Å². The number of anilines is 2. The molecule has 5 rings (SSSR count). The number of hydrogen-bond donors (Lipinski definition) is 1. The number of aromatic nitrogens is 2. The number of aliphatic hydroxyl groups excluding tert-OH is 1.